The van der Waals surface area contributed by atoms with E-state index in [0.29, 0.717) is 42.5 Å². The second-order valence-corrected chi connectivity index (χ2v) is 8.69. The van der Waals surface area contributed by atoms with Gasteiger partial charge in [0.05, 0.1) is 34.8 Å². The lowest BCUT2D eigenvalue weighted by Gasteiger charge is -2.33. The van der Waals surface area contributed by atoms with E-state index in [9.17, 15) is 9.59 Å². The molecule has 1 aliphatic heterocycles. The first-order chi connectivity index (χ1) is 16.5. The van der Waals surface area contributed by atoms with Crippen LogP contribution in [0, 0.1) is 0 Å². The smallest absolute Gasteiger partial charge is 0.409 e. The number of halogens is 1. The van der Waals surface area contributed by atoms with Gasteiger partial charge in [-0.05, 0) is 43.7 Å². The third-order valence-corrected chi connectivity index (χ3v) is 6.24. The minimum atomic E-state index is -0.252. The molecule has 0 atom stereocenters. The zero-order chi connectivity index (χ0) is 24.1. The maximum Gasteiger partial charge on any atom is 0.409 e. The maximum atomic E-state index is 12.7. The number of anilines is 1. The summed E-state index contributed by atoms with van der Waals surface area (Å²) in [7, 11) is 0. The predicted octanol–water partition coefficient (Wildman–Crippen LogP) is 4.63. The lowest BCUT2D eigenvalue weighted by molar-refractivity contribution is 0.0769. The van der Waals surface area contributed by atoms with Crippen molar-refractivity contribution in [3.05, 3.63) is 58.9 Å². The van der Waals surface area contributed by atoms with Gasteiger partial charge in [-0.15, -0.1) is 0 Å². The summed E-state index contributed by atoms with van der Waals surface area (Å²) in [5.74, 6) is 0.730. The highest BCUT2D eigenvalue weighted by Gasteiger charge is 2.23. The second-order valence-electron chi connectivity index (χ2n) is 8.28. The third kappa shape index (κ3) is 5.34. The molecule has 0 saturated carbocycles. The number of hydrogen-bond acceptors (Lipinski definition) is 5. The molecule has 0 aliphatic carbocycles. The van der Waals surface area contributed by atoms with Crippen LogP contribution in [0.5, 0.6) is 0 Å². The summed E-state index contributed by atoms with van der Waals surface area (Å²) in [4.78, 5) is 33.6. The Labute approximate surface area is 204 Å². The average Bonchev–Trinajstić information content (AvgIpc) is 3.16. The minimum Gasteiger partial charge on any atom is -0.450 e. The maximum absolute atomic E-state index is 12.7. The number of amides is 2. The van der Waals surface area contributed by atoms with Crippen molar-refractivity contribution >= 4 is 40.3 Å². The molecule has 0 bridgehead atoms. The van der Waals surface area contributed by atoms with E-state index in [1.165, 1.54) is 0 Å². The second kappa shape index (κ2) is 10.9. The molecular formula is C25H30ClN5O3. The molecule has 0 unspecified atom stereocenters. The first kappa shape index (κ1) is 24.0. The number of aryl methyl sites for hydroxylation is 1. The molecule has 3 aromatic rings. The fourth-order valence-corrected chi connectivity index (χ4v) is 4.42. The first-order valence-electron chi connectivity index (χ1n) is 11.7. The lowest BCUT2D eigenvalue weighted by atomic mass is 10.2. The van der Waals surface area contributed by atoms with Crippen LogP contribution in [0.4, 0.5) is 10.5 Å². The van der Waals surface area contributed by atoms with Crippen LogP contribution in [-0.2, 0) is 17.8 Å². The Morgan fingerprint density at radius 3 is 2.56 bits per heavy atom. The number of carbonyl (C=O) groups excluding carboxylic acids is 2. The molecule has 1 N–H and O–H groups in total. The number of ether oxygens (including phenoxy) is 1. The molecule has 2 aromatic carbocycles. The van der Waals surface area contributed by atoms with Crippen molar-refractivity contribution in [2.24, 2.45) is 0 Å². The largest absolute Gasteiger partial charge is 0.450 e. The molecular weight excluding hydrogens is 454 g/mol. The van der Waals surface area contributed by atoms with Crippen molar-refractivity contribution in [1.29, 1.82) is 0 Å². The minimum absolute atomic E-state index is 0.244. The molecule has 0 spiro atoms. The lowest BCUT2D eigenvalue weighted by Crippen LogP contribution is -2.48. The van der Waals surface area contributed by atoms with Gasteiger partial charge in [-0.3, -0.25) is 9.69 Å². The van der Waals surface area contributed by atoms with Crippen LogP contribution in [-0.4, -0.2) is 64.1 Å². The summed E-state index contributed by atoms with van der Waals surface area (Å²) in [5.41, 5.74) is 2.99. The van der Waals surface area contributed by atoms with Crippen molar-refractivity contribution in [3.8, 4) is 0 Å². The summed E-state index contributed by atoms with van der Waals surface area (Å²) in [6, 6.07) is 12.8. The molecule has 0 radical (unpaired) electrons. The molecule has 2 amide bonds. The van der Waals surface area contributed by atoms with E-state index < -0.39 is 0 Å². The van der Waals surface area contributed by atoms with E-state index in [1.54, 1.807) is 29.2 Å². The van der Waals surface area contributed by atoms with Crippen molar-refractivity contribution < 1.29 is 14.3 Å². The van der Waals surface area contributed by atoms with Gasteiger partial charge in [-0.25, -0.2) is 9.78 Å². The van der Waals surface area contributed by atoms with Gasteiger partial charge in [0.15, 0.2) is 0 Å². The Morgan fingerprint density at radius 1 is 1.09 bits per heavy atom. The van der Waals surface area contributed by atoms with Gasteiger partial charge in [0.25, 0.3) is 5.91 Å². The number of benzene rings is 2. The van der Waals surface area contributed by atoms with Gasteiger partial charge >= 0.3 is 6.09 Å². The first-order valence-corrected chi connectivity index (χ1v) is 12.1. The number of hydrogen-bond donors (Lipinski definition) is 1. The predicted molar refractivity (Wildman–Crippen MR) is 133 cm³/mol. The average molecular weight is 484 g/mol. The Morgan fingerprint density at radius 2 is 1.85 bits per heavy atom. The number of fused-ring (bicyclic) bond motifs is 1. The fraction of sp³-hybridized carbons (Fsp3) is 0.400. The number of piperazine rings is 1. The van der Waals surface area contributed by atoms with Gasteiger partial charge in [0.2, 0.25) is 0 Å². The van der Waals surface area contributed by atoms with Crippen LogP contribution in [0.25, 0.3) is 11.0 Å². The molecule has 180 valence electrons. The third-order valence-electron chi connectivity index (χ3n) is 5.91. The van der Waals surface area contributed by atoms with Crippen LogP contribution in [0.15, 0.2) is 42.5 Å². The fourth-order valence-electron chi connectivity index (χ4n) is 4.20. The van der Waals surface area contributed by atoms with Crippen molar-refractivity contribution in [2.45, 2.75) is 33.4 Å². The molecule has 1 aliphatic rings. The molecule has 4 rings (SSSR count). The van der Waals surface area contributed by atoms with Gasteiger partial charge < -0.3 is 19.5 Å². The van der Waals surface area contributed by atoms with Gasteiger partial charge in [0, 0.05) is 38.4 Å². The highest BCUT2D eigenvalue weighted by atomic mass is 35.5. The summed E-state index contributed by atoms with van der Waals surface area (Å²) < 4.78 is 7.36. The van der Waals surface area contributed by atoms with E-state index in [4.69, 9.17) is 21.3 Å². The highest BCUT2D eigenvalue weighted by molar-refractivity contribution is 6.34. The van der Waals surface area contributed by atoms with Crippen molar-refractivity contribution in [3.63, 3.8) is 0 Å². The van der Waals surface area contributed by atoms with E-state index in [0.717, 1.165) is 42.9 Å². The molecule has 1 fully saturated rings. The van der Waals surface area contributed by atoms with Gasteiger partial charge in [0.1, 0.15) is 5.82 Å². The molecule has 34 heavy (non-hydrogen) atoms. The highest BCUT2D eigenvalue weighted by Crippen LogP contribution is 2.24. The van der Waals surface area contributed by atoms with Crippen LogP contribution in [0.1, 0.15) is 36.5 Å². The monoisotopic (exact) mass is 483 g/mol. The Kier molecular flexibility index (Phi) is 7.70. The van der Waals surface area contributed by atoms with Crippen LogP contribution >= 0.6 is 11.6 Å². The standard InChI is InChI=1S/C25H30ClN5O3/c1-3-11-31-22-10-9-18(27-24(32)19-7-5-6-8-20(19)26)16-21(22)28-23(31)17-29-12-14-30(15-13-29)25(33)34-4-2/h5-10,16H,3-4,11-15,17H2,1-2H3,(H,27,32). The summed E-state index contributed by atoms with van der Waals surface area (Å²) in [5, 5.41) is 3.34. The number of imidazole rings is 1. The summed E-state index contributed by atoms with van der Waals surface area (Å²) >= 11 is 6.16. The zero-order valence-electron chi connectivity index (χ0n) is 19.6. The van der Waals surface area contributed by atoms with Crippen molar-refractivity contribution in [1.82, 2.24) is 19.4 Å². The van der Waals surface area contributed by atoms with Gasteiger partial charge in [-0.2, -0.15) is 0 Å². The Hall–Kier alpha value is -3.10. The number of nitrogens with zero attached hydrogens (tertiary/aromatic N) is 4. The quantitative estimate of drug-likeness (QED) is 0.530. The molecule has 8 nitrogen and oxygen atoms in total. The molecule has 2 heterocycles. The number of nitrogens with one attached hydrogen (secondary N) is 1. The Balaban J connectivity index is 1.49. The molecule has 1 saturated heterocycles. The normalized spacial score (nSPS) is 14.4. The number of carbonyl (C=O) groups is 2. The van der Waals surface area contributed by atoms with Crippen LogP contribution < -0.4 is 5.32 Å². The van der Waals surface area contributed by atoms with Crippen molar-refractivity contribution in [2.75, 3.05) is 38.1 Å². The summed E-state index contributed by atoms with van der Waals surface area (Å²) in [6.07, 6.45) is 0.742. The Bertz CT molecular complexity index is 1170. The molecule has 9 heteroatoms. The molecule has 1 aromatic heterocycles. The number of rotatable bonds is 7. The zero-order valence-corrected chi connectivity index (χ0v) is 20.3. The van der Waals surface area contributed by atoms with Crippen LogP contribution in [0.3, 0.4) is 0 Å². The topological polar surface area (TPSA) is 79.7 Å². The van der Waals surface area contributed by atoms with E-state index in [2.05, 4.69) is 21.7 Å². The van der Waals surface area contributed by atoms with E-state index in [1.807, 2.05) is 25.1 Å². The van der Waals surface area contributed by atoms with Gasteiger partial charge in [-0.1, -0.05) is 30.7 Å². The number of aromatic nitrogens is 2. The SMILES string of the molecule is CCCn1c(CN2CCN(C(=O)OCC)CC2)nc2cc(NC(=O)c3ccccc3Cl)ccc21. The van der Waals surface area contributed by atoms with E-state index >= 15 is 0 Å². The summed E-state index contributed by atoms with van der Waals surface area (Å²) in [6.45, 7) is 8.75. The van der Waals surface area contributed by atoms with E-state index in [-0.39, 0.29) is 12.0 Å². The van der Waals surface area contributed by atoms with Crippen LogP contribution in [0.2, 0.25) is 5.02 Å².